The summed E-state index contributed by atoms with van der Waals surface area (Å²) in [6, 6.07) is 9.33. The Morgan fingerprint density at radius 3 is 3.16 bits per heavy atom. The molecule has 100 valence electrons. The molecule has 0 aromatic heterocycles. The van der Waals surface area contributed by atoms with Gasteiger partial charge in [0.15, 0.2) is 0 Å². The van der Waals surface area contributed by atoms with E-state index in [4.69, 9.17) is 5.26 Å². The molecule has 4 nitrogen and oxygen atoms in total. The highest BCUT2D eigenvalue weighted by Gasteiger charge is 2.23. The highest BCUT2D eigenvalue weighted by molar-refractivity contribution is 5.81. The van der Waals surface area contributed by atoms with Crippen LogP contribution in [0.25, 0.3) is 0 Å². The topological polar surface area (TPSA) is 64.9 Å². The zero-order valence-electron chi connectivity index (χ0n) is 11.1. The molecule has 1 aromatic carbocycles. The summed E-state index contributed by atoms with van der Waals surface area (Å²) in [6.07, 6.45) is 2.03. The molecule has 1 heterocycles. The normalized spacial score (nSPS) is 22.5. The van der Waals surface area contributed by atoms with Gasteiger partial charge in [-0.15, -0.1) is 0 Å². The quantitative estimate of drug-likeness (QED) is 0.863. The Labute approximate surface area is 113 Å². The maximum atomic E-state index is 12.0. The Hall–Kier alpha value is -1.86. The summed E-state index contributed by atoms with van der Waals surface area (Å²) in [7, 11) is 0. The average molecular weight is 257 g/mol. The fraction of sp³-hybridized carbons (Fsp3) is 0.467. The molecule has 2 atom stereocenters. The van der Waals surface area contributed by atoms with Gasteiger partial charge in [0.25, 0.3) is 0 Å². The number of hydrogen-bond acceptors (Lipinski definition) is 3. The van der Waals surface area contributed by atoms with Crippen molar-refractivity contribution in [1.82, 2.24) is 10.6 Å². The molecule has 2 unspecified atom stereocenters. The predicted molar refractivity (Wildman–Crippen MR) is 73.2 cm³/mol. The van der Waals surface area contributed by atoms with Gasteiger partial charge >= 0.3 is 0 Å². The van der Waals surface area contributed by atoms with Crippen molar-refractivity contribution >= 4 is 5.91 Å². The molecule has 1 aliphatic heterocycles. The van der Waals surface area contributed by atoms with E-state index in [1.807, 2.05) is 12.1 Å². The number of piperidine rings is 1. The number of nitriles is 1. The molecule has 0 spiro atoms. The molecule has 19 heavy (non-hydrogen) atoms. The Bertz CT molecular complexity index is 492. The Kier molecular flexibility index (Phi) is 4.53. The number of benzene rings is 1. The lowest BCUT2D eigenvalue weighted by Gasteiger charge is -2.27. The van der Waals surface area contributed by atoms with E-state index >= 15 is 0 Å². The van der Waals surface area contributed by atoms with E-state index in [9.17, 15) is 4.79 Å². The Balaban J connectivity index is 1.87. The van der Waals surface area contributed by atoms with Gasteiger partial charge in [-0.25, -0.2) is 0 Å². The lowest BCUT2D eigenvalue weighted by atomic mass is 9.94. The van der Waals surface area contributed by atoms with Crippen molar-refractivity contribution in [1.29, 1.82) is 5.26 Å². The van der Waals surface area contributed by atoms with Crippen LogP contribution in [0.1, 0.15) is 30.9 Å². The summed E-state index contributed by atoms with van der Waals surface area (Å²) in [6.45, 7) is 3.56. The minimum atomic E-state index is -0.0806. The van der Waals surface area contributed by atoms with Gasteiger partial charge < -0.3 is 10.6 Å². The first-order valence-corrected chi connectivity index (χ1v) is 6.69. The van der Waals surface area contributed by atoms with E-state index < -0.39 is 0 Å². The summed E-state index contributed by atoms with van der Waals surface area (Å²) in [5.41, 5.74) is 1.58. The van der Waals surface area contributed by atoms with Crippen LogP contribution in [0.4, 0.5) is 0 Å². The van der Waals surface area contributed by atoms with Crippen LogP contribution < -0.4 is 10.6 Å². The number of nitrogens with one attached hydrogen (secondary N) is 2. The number of nitrogens with zero attached hydrogens (tertiary/aromatic N) is 1. The molecule has 1 saturated heterocycles. The monoisotopic (exact) mass is 257 g/mol. The largest absolute Gasteiger partial charge is 0.351 e. The standard InChI is InChI=1S/C15H19N3O/c1-11-5-6-17-14(7-11)15(19)18-10-13-4-2-3-12(8-13)9-16/h2-4,8,11,14,17H,5-7,10H2,1H3,(H,18,19). The van der Waals surface area contributed by atoms with Crippen LogP contribution in [0.15, 0.2) is 24.3 Å². The van der Waals surface area contributed by atoms with Crippen molar-refractivity contribution in [3.8, 4) is 6.07 Å². The summed E-state index contributed by atoms with van der Waals surface area (Å²) in [5, 5.41) is 15.0. The summed E-state index contributed by atoms with van der Waals surface area (Å²) >= 11 is 0. The fourth-order valence-electron chi connectivity index (χ4n) is 2.37. The van der Waals surface area contributed by atoms with Crippen molar-refractivity contribution in [3.05, 3.63) is 35.4 Å². The minimum absolute atomic E-state index is 0.0499. The zero-order valence-corrected chi connectivity index (χ0v) is 11.1. The van der Waals surface area contributed by atoms with Gasteiger partial charge in [0.1, 0.15) is 0 Å². The summed E-state index contributed by atoms with van der Waals surface area (Å²) in [5.74, 6) is 0.646. The van der Waals surface area contributed by atoms with Crippen molar-refractivity contribution in [2.75, 3.05) is 6.54 Å². The van der Waals surface area contributed by atoms with Crippen molar-refractivity contribution in [3.63, 3.8) is 0 Å². The molecule has 1 fully saturated rings. The van der Waals surface area contributed by atoms with Gasteiger partial charge in [-0.3, -0.25) is 4.79 Å². The Morgan fingerprint density at radius 1 is 1.58 bits per heavy atom. The number of carbonyl (C=O) groups excluding carboxylic acids is 1. The van der Waals surface area contributed by atoms with E-state index in [-0.39, 0.29) is 11.9 Å². The molecule has 4 heteroatoms. The predicted octanol–water partition coefficient (Wildman–Crippen LogP) is 1.56. The molecule has 0 aliphatic carbocycles. The molecule has 0 saturated carbocycles. The second kappa shape index (κ2) is 6.35. The van der Waals surface area contributed by atoms with E-state index in [0.717, 1.165) is 24.9 Å². The van der Waals surface area contributed by atoms with Crippen LogP contribution in [-0.2, 0) is 11.3 Å². The number of carbonyl (C=O) groups is 1. The van der Waals surface area contributed by atoms with Crippen LogP contribution in [-0.4, -0.2) is 18.5 Å². The van der Waals surface area contributed by atoms with Gasteiger partial charge in [0, 0.05) is 6.54 Å². The van der Waals surface area contributed by atoms with Crippen molar-refractivity contribution < 1.29 is 4.79 Å². The van der Waals surface area contributed by atoms with Gasteiger partial charge in [-0.05, 0) is 43.0 Å². The molecule has 0 radical (unpaired) electrons. The van der Waals surface area contributed by atoms with Gasteiger partial charge in [0.05, 0.1) is 17.7 Å². The maximum Gasteiger partial charge on any atom is 0.237 e. The zero-order chi connectivity index (χ0) is 13.7. The summed E-state index contributed by atoms with van der Waals surface area (Å²) < 4.78 is 0. The van der Waals surface area contributed by atoms with E-state index in [0.29, 0.717) is 18.0 Å². The van der Waals surface area contributed by atoms with Crippen molar-refractivity contribution in [2.24, 2.45) is 5.92 Å². The smallest absolute Gasteiger partial charge is 0.237 e. The molecular formula is C15H19N3O. The van der Waals surface area contributed by atoms with Crippen molar-refractivity contribution in [2.45, 2.75) is 32.4 Å². The molecule has 1 aliphatic rings. The van der Waals surface area contributed by atoms with E-state index in [1.54, 1.807) is 12.1 Å². The van der Waals surface area contributed by atoms with Gasteiger partial charge in [-0.2, -0.15) is 5.26 Å². The van der Waals surface area contributed by atoms with Crippen LogP contribution in [0.2, 0.25) is 0 Å². The number of rotatable bonds is 3. The van der Waals surface area contributed by atoms with Crippen LogP contribution in [0.5, 0.6) is 0 Å². The van der Waals surface area contributed by atoms with Gasteiger partial charge in [-0.1, -0.05) is 19.1 Å². The molecule has 2 rings (SSSR count). The first-order valence-electron chi connectivity index (χ1n) is 6.69. The highest BCUT2D eigenvalue weighted by atomic mass is 16.2. The molecule has 1 aromatic rings. The molecule has 0 bridgehead atoms. The average Bonchev–Trinajstić information content (AvgIpc) is 2.45. The number of amides is 1. The van der Waals surface area contributed by atoms with E-state index in [2.05, 4.69) is 23.6 Å². The second-order valence-electron chi connectivity index (χ2n) is 5.17. The molecule has 1 amide bonds. The SMILES string of the molecule is CC1CCNC(C(=O)NCc2cccc(C#N)c2)C1. The lowest BCUT2D eigenvalue weighted by molar-refractivity contribution is -0.124. The fourth-order valence-corrected chi connectivity index (χ4v) is 2.37. The third-order valence-electron chi connectivity index (χ3n) is 3.51. The first-order chi connectivity index (χ1) is 9.19. The molecular weight excluding hydrogens is 238 g/mol. The lowest BCUT2D eigenvalue weighted by Crippen LogP contribution is -2.48. The third-order valence-corrected chi connectivity index (χ3v) is 3.51. The van der Waals surface area contributed by atoms with Crippen LogP contribution >= 0.6 is 0 Å². The van der Waals surface area contributed by atoms with Crippen LogP contribution in [0.3, 0.4) is 0 Å². The third kappa shape index (κ3) is 3.80. The van der Waals surface area contributed by atoms with E-state index in [1.165, 1.54) is 0 Å². The maximum absolute atomic E-state index is 12.0. The molecule has 2 N–H and O–H groups in total. The van der Waals surface area contributed by atoms with Gasteiger partial charge in [0.2, 0.25) is 5.91 Å². The second-order valence-corrected chi connectivity index (χ2v) is 5.17. The van der Waals surface area contributed by atoms with Crippen LogP contribution in [0, 0.1) is 17.2 Å². The Morgan fingerprint density at radius 2 is 2.42 bits per heavy atom. The summed E-state index contributed by atoms with van der Waals surface area (Å²) in [4.78, 5) is 12.0. The highest BCUT2D eigenvalue weighted by Crippen LogP contribution is 2.15. The number of hydrogen-bond donors (Lipinski definition) is 2. The minimum Gasteiger partial charge on any atom is -0.351 e. The first kappa shape index (κ1) is 13.6.